The Bertz CT molecular complexity index is 214. The van der Waals surface area contributed by atoms with Gasteiger partial charge in [0.25, 0.3) is 0 Å². The standard InChI is InChI=1S/C11H20N2S/c1-11(2,8-12)9-13(3)10-4-6-14-7-5-10/h10H,4-7,9H2,1-3H3. The van der Waals surface area contributed by atoms with Gasteiger partial charge in [-0.05, 0) is 45.2 Å². The molecule has 1 rings (SSSR count). The summed E-state index contributed by atoms with van der Waals surface area (Å²) in [5.41, 5.74) is -0.209. The molecule has 0 unspecified atom stereocenters. The fourth-order valence-electron chi connectivity index (χ4n) is 1.91. The van der Waals surface area contributed by atoms with Crippen LogP contribution in [0.5, 0.6) is 0 Å². The highest BCUT2D eigenvalue weighted by molar-refractivity contribution is 7.99. The second-order valence-electron chi connectivity index (χ2n) is 4.75. The van der Waals surface area contributed by atoms with Crippen molar-refractivity contribution >= 4 is 11.8 Å². The molecule has 0 aromatic carbocycles. The summed E-state index contributed by atoms with van der Waals surface area (Å²) in [4.78, 5) is 2.36. The number of thioether (sulfide) groups is 1. The van der Waals surface area contributed by atoms with E-state index in [9.17, 15) is 0 Å². The molecule has 0 aromatic heterocycles. The first-order valence-corrected chi connectivity index (χ1v) is 6.40. The second-order valence-corrected chi connectivity index (χ2v) is 5.98. The SMILES string of the molecule is CN(CC(C)(C)C#N)C1CCSCC1. The number of hydrogen-bond acceptors (Lipinski definition) is 3. The van der Waals surface area contributed by atoms with Gasteiger partial charge in [0.1, 0.15) is 0 Å². The van der Waals surface area contributed by atoms with Crippen LogP contribution in [0.4, 0.5) is 0 Å². The molecule has 3 heteroatoms. The molecule has 0 amide bonds. The van der Waals surface area contributed by atoms with E-state index in [2.05, 4.69) is 18.0 Å². The fraction of sp³-hybridized carbons (Fsp3) is 0.909. The molecule has 0 aromatic rings. The fourth-order valence-corrected chi connectivity index (χ4v) is 3.00. The van der Waals surface area contributed by atoms with Crippen molar-refractivity contribution in [3.8, 4) is 6.07 Å². The second kappa shape index (κ2) is 5.04. The lowest BCUT2D eigenvalue weighted by molar-refractivity contribution is 0.182. The summed E-state index contributed by atoms with van der Waals surface area (Å²) in [6.07, 6.45) is 2.56. The first-order chi connectivity index (χ1) is 6.55. The van der Waals surface area contributed by atoms with E-state index in [0.29, 0.717) is 6.04 Å². The van der Waals surface area contributed by atoms with Crippen LogP contribution in [-0.2, 0) is 0 Å². The third kappa shape index (κ3) is 3.51. The molecule has 80 valence electrons. The summed E-state index contributed by atoms with van der Waals surface area (Å²) in [6.45, 7) is 4.92. The molecule has 0 radical (unpaired) electrons. The van der Waals surface area contributed by atoms with Gasteiger partial charge in [-0.1, -0.05) is 0 Å². The van der Waals surface area contributed by atoms with E-state index in [-0.39, 0.29) is 5.41 Å². The summed E-state index contributed by atoms with van der Waals surface area (Å²) in [6, 6.07) is 3.06. The molecule has 0 aliphatic carbocycles. The quantitative estimate of drug-likeness (QED) is 0.718. The molecule has 0 saturated carbocycles. The zero-order chi connectivity index (χ0) is 10.6. The van der Waals surface area contributed by atoms with E-state index >= 15 is 0 Å². The summed E-state index contributed by atoms with van der Waals surface area (Å²) in [7, 11) is 2.15. The van der Waals surface area contributed by atoms with Crippen LogP contribution in [0.3, 0.4) is 0 Å². The van der Waals surface area contributed by atoms with Gasteiger partial charge in [-0.15, -0.1) is 0 Å². The number of nitriles is 1. The lowest BCUT2D eigenvalue weighted by atomic mass is 9.94. The zero-order valence-corrected chi connectivity index (χ0v) is 10.2. The van der Waals surface area contributed by atoms with Crippen LogP contribution in [0.15, 0.2) is 0 Å². The predicted molar refractivity (Wildman–Crippen MR) is 62.4 cm³/mol. The average molecular weight is 212 g/mol. The summed E-state index contributed by atoms with van der Waals surface area (Å²) in [5, 5.41) is 8.96. The molecule has 1 saturated heterocycles. The minimum Gasteiger partial charge on any atom is -0.302 e. The van der Waals surface area contributed by atoms with Crippen molar-refractivity contribution in [2.24, 2.45) is 5.41 Å². The third-order valence-corrected chi connectivity index (χ3v) is 3.81. The molecule has 14 heavy (non-hydrogen) atoms. The van der Waals surface area contributed by atoms with Crippen molar-refractivity contribution in [3.63, 3.8) is 0 Å². The molecule has 0 atom stereocenters. The van der Waals surface area contributed by atoms with Crippen LogP contribution in [0.1, 0.15) is 26.7 Å². The lowest BCUT2D eigenvalue weighted by Crippen LogP contribution is -2.40. The molecule has 1 aliphatic rings. The van der Waals surface area contributed by atoms with E-state index in [0.717, 1.165) is 6.54 Å². The Hall–Kier alpha value is -0.200. The maximum Gasteiger partial charge on any atom is 0.0697 e. The van der Waals surface area contributed by atoms with Crippen LogP contribution < -0.4 is 0 Å². The van der Waals surface area contributed by atoms with E-state index < -0.39 is 0 Å². The largest absolute Gasteiger partial charge is 0.302 e. The summed E-state index contributed by atoms with van der Waals surface area (Å²) < 4.78 is 0. The molecule has 1 heterocycles. The maximum atomic E-state index is 8.96. The Labute approximate surface area is 91.7 Å². The normalized spacial score (nSPS) is 19.6. The molecule has 1 fully saturated rings. The average Bonchev–Trinajstić information content (AvgIpc) is 2.19. The first kappa shape index (κ1) is 11.9. The number of hydrogen-bond donors (Lipinski definition) is 0. The van der Waals surface area contributed by atoms with Crippen molar-refractivity contribution in [2.75, 3.05) is 25.1 Å². The Kier molecular flexibility index (Phi) is 4.28. The van der Waals surface area contributed by atoms with Crippen molar-refractivity contribution in [1.29, 1.82) is 5.26 Å². The monoisotopic (exact) mass is 212 g/mol. The Balaban J connectivity index is 2.41. The Morgan fingerprint density at radius 1 is 1.43 bits per heavy atom. The van der Waals surface area contributed by atoms with Crippen LogP contribution >= 0.6 is 11.8 Å². The van der Waals surface area contributed by atoms with Crippen molar-refractivity contribution in [3.05, 3.63) is 0 Å². The molecular weight excluding hydrogens is 192 g/mol. The van der Waals surface area contributed by atoms with Crippen molar-refractivity contribution < 1.29 is 0 Å². The Morgan fingerprint density at radius 3 is 2.50 bits per heavy atom. The van der Waals surface area contributed by atoms with Crippen LogP contribution in [-0.4, -0.2) is 36.0 Å². The third-order valence-electron chi connectivity index (χ3n) is 2.76. The minimum atomic E-state index is -0.209. The smallest absolute Gasteiger partial charge is 0.0697 e. The predicted octanol–water partition coefficient (Wildman–Crippen LogP) is 2.36. The maximum absolute atomic E-state index is 8.96. The van der Waals surface area contributed by atoms with Gasteiger partial charge < -0.3 is 4.90 Å². The molecular formula is C11H20N2S. The summed E-state index contributed by atoms with van der Waals surface area (Å²) >= 11 is 2.05. The van der Waals surface area contributed by atoms with Gasteiger partial charge in [0.15, 0.2) is 0 Å². The zero-order valence-electron chi connectivity index (χ0n) is 9.42. The Morgan fingerprint density at radius 2 is 2.00 bits per heavy atom. The van der Waals surface area contributed by atoms with Gasteiger partial charge in [-0.25, -0.2) is 0 Å². The van der Waals surface area contributed by atoms with Crippen molar-refractivity contribution in [2.45, 2.75) is 32.7 Å². The molecule has 0 N–H and O–H groups in total. The summed E-state index contributed by atoms with van der Waals surface area (Å²) in [5.74, 6) is 2.56. The molecule has 1 aliphatic heterocycles. The van der Waals surface area contributed by atoms with Gasteiger partial charge in [0, 0.05) is 12.6 Å². The number of rotatable bonds is 3. The topological polar surface area (TPSA) is 27.0 Å². The molecule has 0 bridgehead atoms. The number of nitrogens with zero attached hydrogens (tertiary/aromatic N) is 2. The van der Waals surface area contributed by atoms with Crippen LogP contribution in [0, 0.1) is 16.7 Å². The highest BCUT2D eigenvalue weighted by Gasteiger charge is 2.24. The van der Waals surface area contributed by atoms with E-state index in [1.165, 1.54) is 24.3 Å². The van der Waals surface area contributed by atoms with Crippen molar-refractivity contribution in [1.82, 2.24) is 4.90 Å². The van der Waals surface area contributed by atoms with Gasteiger partial charge in [-0.2, -0.15) is 17.0 Å². The van der Waals surface area contributed by atoms with Gasteiger partial charge in [0.2, 0.25) is 0 Å². The van der Waals surface area contributed by atoms with E-state index in [1.54, 1.807) is 0 Å². The van der Waals surface area contributed by atoms with Gasteiger partial charge in [-0.3, -0.25) is 0 Å². The highest BCUT2D eigenvalue weighted by atomic mass is 32.2. The molecule has 2 nitrogen and oxygen atoms in total. The van der Waals surface area contributed by atoms with E-state index in [4.69, 9.17) is 5.26 Å². The van der Waals surface area contributed by atoms with Gasteiger partial charge in [0.05, 0.1) is 11.5 Å². The van der Waals surface area contributed by atoms with Crippen LogP contribution in [0.25, 0.3) is 0 Å². The first-order valence-electron chi connectivity index (χ1n) is 5.24. The minimum absolute atomic E-state index is 0.209. The van der Waals surface area contributed by atoms with Gasteiger partial charge >= 0.3 is 0 Å². The molecule has 0 spiro atoms. The highest BCUT2D eigenvalue weighted by Crippen LogP contribution is 2.23. The van der Waals surface area contributed by atoms with E-state index in [1.807, 2.05) is 25.6 Å². The van der Waals surface area contributed by atoms with Crippen LogP contribution in [0.2, 0.25) is 0 Å². The lowest BCUT2D eigenvalue weighted by Gasteiger charge is -2.34.